The van der Waals surface area contributed by atoms with Crippen molar-refractivity contribution in [2.45, 2.75) is 20.3 Å². The maximum atomic E-state index is 12.1. The number of aromatic nitrogens is 1. The molecule has 0 aliphatic heterocycles. The Hall–Kier alpha value is -1.68. The van der Waals surface area contributed by atoms with E-state index in [9.17, 15) is 4.79 Å². The number of Topliss-reactive ketones (excluding diaryl/α,β-unsaturated/α-hetero) is 1. The quantitative estimate of drug-likeness (QED) is 0.669. The van der Waals surface area contributed by atoms with Gasteiger partial charge in [0, 0.05) is 22.3 Å². The predicted molar refractivity (Wildman–Crippen MR) is 70.5 cm³/mol. The molecular weight excluding hydrogens is 232 g/mol. The topological polar surface area (TPSA) is 56.0 Å². The van der Waals surface area contributed by atoms with Gasteiger partial charge in [-0.25, -0.2) is 4.98 Å². The van der Waals surface area contributed by atoms with Gasteiger partial charge in [0.15, 0.2) is 5.78 Å². The van der Waals surface area contributed by atoms with Crippen LogP contribution >= 0.6 is 11.3 Å². The number of hydrogen-bond acceptors (Lipinski definition) is 4. The molecule has 2 aromatic rings. The highest BCUT2D eigenvalue weighted by Gasteiger charge is 2.12. The molecule has 0 bridgehead atoms. The van der Waals surface area contributed by atoms with Gasteiger partial charge in [-0.2, -0.15) is 0 Å². The molecule has 88 valence electrons. The SMILES string of the molecule is Cc1ccc(N)c(C(=O)Cc2nc(C)cs2)c1. The van der Waals surface area contributed by atoms with E-state index in [1.807, 2.05) is 31.4 Å². The molecule has 4 heteroatoms. The number of anilines is 1. The molecular formula is C13H14N2OS. The Balaban J connectivity index is 2.22. The number of nitrogens with two attached hydrogens (primary N) is 1. The van der Waals surface area contributed by atoms with E-state index < -0.39 is 0 Å². The van der Waals surface area contributed by atoms with Crippen LogP contribution in [0.4, 0.5) is 5.69 Å². The molecule has 0 unspecified atom stereocenters. The van der Waals surface area contributed by atoms with Crippen LogP contribution in [0.15, 0.2) is 23.6 Å². The van der Waals surface area contributed by atoms with Crippen molar-refractivity contribution in [1.82, 2.24) is 4.98 Å². The number of thiazole rings is 1. The van der Waals surface area contributed by atoms with Crippen LogP contribution in [0.5, 0.6) is 0 Å². The van der Waals surface area contributed by atoms with Gasteiger partial charge in [0.05, 0.1) is 6.42 Å². The summed E-state index contributed by atoms with van der Waals surface area (Å²) in [5.74, 6) is 0.0283. The minimum absolute atomic E-state index is 0.0283. The van der Waals surface area contributed by atoms with E-state index in [1.54, 1.807) is 6.07 Å². The highest BCUT2D eigenvalue weighted by atomic mass is 32.1. The zero-order valence-corrected chi connectivity index (χ0v) is 10.7. The molecule has 0 radical (unpaired) electrons. The fraction of sp³-hybridized carbons (Fsp3) is 0.231. The Bertz CT molecular complexity index is 560. The van der Waals surface area contributed by atoms with Crippen LogP contribution in [0.2, 0.25) is 0 Å². The van der Waals surface area contributed by atoms with E-state index in [4.69, 9.17) is 5.73 Å². The van der Waals surface area contributed by atoms with Gasteiger partial charge in [-0.1, -0.05) is 11.6 Å². The molecule has 0 atom stereocenters. The Kier molecular flexibility index (Phi) is 3.24. The fourth-order valence-electron chi connectivity index (χ4n) is 1.63. The number of benzene rings is 1. The normalized spacial score (nSPS) is 10.5. The third-order valence-corrected chi connectivity index (χ3v) is 3.45. The molecule has 0 aliphatic carbocycles. The Morgan fingerprint density at radius 2 is 2.18 bits per heavy atom. The zero-order chi connectivity index (χ0) is 12.4. The van der Waals surface area contributed by atoms with Crippen molar-refractivity contribution < 1.29 is 4.79 Å². The monoisotopic (exact) mass is 246 g/mol. The lowest BCUT2D eigenvalue weighted by atomic mass is 10.0. The van der Waals surface area contributed by atoms with Crippen molar-refractivity contribution in [3.8, 4) is 0 Å². The standard InChI is InChI=1S/C13H14N2OS/c1-8-3-4-11(14)10(5-8)12(16)6-13-15-9(2)7-17-13/h3-5,7H,6,14H2,1-2H3. The molecule has 17 heavy (non-hydrogen) atoms. The first-order valence-electron chi connectivity index (χ1n) is 5.36. The minimum Gasteiger partial charge on any atom is -0.398 e. The average molecular weight is 246 g/mol. The highest BCUT2D eigenvalue weighted by Crippen LogP contribution is 2.18. The second-order valence-corrected chi connectivity index (χ2v) is 5.02. The van der Waals surface area contributed by atoms with Gasteiger partial charge in [0.25, 0.3) is 0 Å². The largest absolute Gasteiger partial charge is 0.398 e. The zero-order valence-electron chi connectivity index (χ0n) is 9.86. The molecule has 0 fully saturated rings. The third kappa shape index (κ3) is 2.71. The number of rotatable bonds is 3. The van der Waals surface area contributed by atoms with Gasteiger partial charge in [0.2, 0.25) is 0 Å². The molecule has 0 aliphatic rings. The Labute approximate surface area is 104 Å². The van der Waals surface area contributed by atoms with Crippen molar-refractivity contribution >= 4 is 22.8 Å². The predicted octanol–water partition coefficient (Wildman–Crippen LogP) is 2.77. The molecule has 3 nitrogen and oxygen atoms in total. The van der Waals surface area contributed by atoms with Crippen LogP contribution in [0.25, 0.3) is 0 Å². The van der Waals surface area contributed by atoms with Gasteiger partial charge in [0.1, 0.15) is 5.01 Å². The van der Waals surface area contributed by atoms with E-state index in [-0.39, 0.29) is 5.78 Å². The molecule has 0 saturated heterocycles. The smallest absolute Gasteiger partial charge is 0.171 e. The molecule has 2 rings (SSSR count). The third-order valence-electron chi connectivity index (χ3n) is 2.49. The van der Waals surface area contributed by atoms with Gasteiger partial charge in [-0.05, 0) is 26.0 Å². The number of carbonyl (C=O) groups excluding carboxylic acids is 1. The molecule has 2 N–H and O–H groups in total. The van der Waals surface area contributed by atoms with Crippen LogP contribution in [-0.2, 0) is 6.42 Å². The fourth-order valence-corrected chi connectivity index (χ4v) is 2.40. The summed E-state index contributed by atoms with van der Waals surface area (Å²) in [6.45, 7) is 3.87. The van der Waals surface area contributed by atoms with Crippen molar-refractivity contribution in [1.29, 1.82) is 0 Å². The lowest BCUT2D eigenvalue weighted by Gasteiger charge is -2.04. The summed E-state index contributed by atoms with van der Waals surface area (Å²) in [6.07, 6.45) is 0.326. The van der Waals surface area contributed by atoms with Crippen LogP contribution in [0.1, 0.15) is 26.6 Å². The van der Waals surface area contributed by atoms with Crippen LogP contribution < -0.4 is 5.73 Å². The van der Waals surface area contributed by atoms with Gasteiger partial charge in [-0.3, -0.25) is 4.79 Å². The molecule has 0 spiro atoms. The summed E-state index contributed by atoms with van der Waals surface area (Å²) < 4.78 is 0. The van der Waals surface area contributed by atoms with E-state index in [2.05, 4.69) is 4.98 Å². The number of aryl methyl sites for hydroxylation is 2. The van der Waals surface area contributed by atoms with Gasteiger partial charge < -0.3 is 5.73 Å². The molecule has 1 heterocycles. The lowest BCUT2D eigenvalue weighted by molar-refractivity contribution is 0.0993. The van der Waals surface area contributed by atoms with Crippen LogP contribution in [0, 0.1) is 13.8 Å². The van der Waals surface area contributed by atoms with Crippen molar-refractivity contribution in [2.75, 3.05) is 5.73 Å². The number of nitrogen functional groups attached to an aromatic ring is 1. The Morgan fingerprint density at radius 3 is 2.82 bits per heavy atom. The van der Waals surface area contributed by atoms with E-state index >= 15 is 0 Å². The molecule has 1 aromatic carbocycles. The van der Waals surface area contributed by atoms with Crippen molar-refractivity contribution in [3.05, 3.63) is 45.4 Å². The summed E-state index contributed by atoms with van der Waals surface area (Å²) in [5, 5.41) is 2.79. The summed E-state index contributed by atoms with van der Waals surface area (Å²) in [6, 6.07) is 5.51. The number of nitrogens with zero attached hydrogens (tertiary/aromatic N) is 1. The molecule has 0 amide bonds. The number of hydrogen-bond donors (Lipinski definition) is 1. The summed E-state index contributed by atoms with van der Waals surface area (Å²) in [4.78, 5) is 16.4. The van der Waals surface area contributed by atoms with E-state index in [0.717, 1.165) is 16.3 Å². The first kappa shape index (κ1) is 11.8. The summed E-state index contributed by atoms with van der Waals surface area (Å²) in [5.41, 5.74) is 8.94. The second-order valence-electron chi connectivity index (χ2n) is 4.07. The maximum absolute atomic E-state index is 12.1. The van der Waals surface area contributed by atoms with Gasteiger partial charge >= 0.3 is 0 Å². The van der Waals surface area contributed by atoms with Crippen molar-refractivity contribution in [3.63, 3.8) is 0 Å². The second kappa shape index (κ2) is 4.67. The first-order chi connectivity index (χ1) is 8.06. The van der Waals surface area contributed by atoms with E-state index in [1.165, 1.54) is 11.3 Å². The van der Waals surface area contributed by atoms with Crippen LogP contribution in [0.3, 0.4) is 0 Å². The number of ketones is 1. The number of carbonyl (C=O) groups is 1. The van der Waals surface area contributed by atoms with E-state index in [0.29, 0.717) is 17.7 Å². The van der Waals surface area contributed by atoms with Crippen molar-refractivity contribution in [2.24, 2.45) is 0 Å². The van der Waals surface area contributed by atoms with Crippen LogP contribution in [-0.4, -0.2) is 10.8 Å². The summed E-state index contributed by atoms with van der Waals surface area (Å²) in [7, 11) is 0. The average Bonchev–Trinajstić information content (AvgIpc) is 2.67. The Morgan fingerprint density at radius 1 is 1.41 bits per heavy atom. The summed E-state index contributed by atoms with van der Waals surface area (Å²) >= 11 is 1.51. The molecule has 1 aromatic heterocycles. The van der Waals surface area contributed by atoms with Gasteiger partial charge in [-0.15, -0.1) is 11.3 Å². The maximum Gasteiger partial charge on any atom is 0.171 e. The highest BCUT2D eigenvalue weighted by molar-refractivity contribution is 7.09. The lowest BCUT2D eigenvalue weighted by Crippen LogP contribution is -2.07. The minimum atomic E-state index is 0.0283. The first-order valence-corrected chi connectivity index (χ1v) is 6.24. The molecule has 0 saturated carbocycles.